The van der Waals surface area contributed by atoms with Gasteiger partial charge in [-0.25, -0.2) is 12.1 Å². The van der Waals surface area contributed by atoms with Crippen molar-refractivity contribution in [1.82, 2.24) is 0 Å². The fourth-order valence-corrected chi connectivity index (χ4v) is 0.609. The van der Waals surface area contributed by atoms with E-state index in [1.54, 1.807) is 6.92 Å². The summed E-state index contributed by atoms with van der Waals surface area (Å²) >= 11 is 0. The first-order valence-electron chi connectivity index (χ1n) is 2.53. The Bertz CT molecular complexity index is 177. The van der Waals surface area contributed by atoms with Crippen LogP contribution in [-0.2, 0) is 0 Å². The quantitative estimate of drug-likeness (QED) is 0.260. The number of ketones is 1. The van der Waals surface area contributed by atoms with Gasteiger partial charge in [0.1, 0.15) is 5.78 Å². The molecule has 0 saturated carbocycles. The Kier molecular flexibility index (Phi) is 3.95. The van der Waals surface area contributed by atoms with E-state index < -0.39 is 0 Å². The molecule has 1 rings (SSSR count). The average Bonchev–Trinajstić information content (AvgIpc) is 2.12. The maximum absolute atomic E-state index is 10.5. The minimum Gasteiger partial charge on any atom is -0.309 e. The predicted molar refractivity (Wildman–Crippen MR) is 32.0 cm³/mol. The average molecular weight is 130 g/mol. The van der Waals surface area contributed by atoms with Crippen molar-refractivity contribution in [2.45, 2.75) is 6.92 Å². The molecule has 0 bridgehead atoms. The molecular weight excluding hydrogens is 123 g/mol. The monoisotopic (exact) mass is 130 g/mol. The van der Waals surface area contributed by atoms with Gasteiger partial charge >= 0.3 is 29.6 Å². The molecule has 9 heavy (non-hydrogen) atoms. The van der Waals surface area contributed by atoms with Gasteiger partial charge in [-0.3, -0.25) is 0 Å². The molecule has 42 valence electrons. The molecular formula is C7H7NaO. The zero-order valence-electron chi connectivity index (χ0n) is 5.72. The maximum Gasteiger partial charge on any atom is 1.00 e. The summed E-state index contributed by atoms with van der Waals surface area (Å²) in [5.74, 6) is 0.134. The molecule has 1 nitrogen and oxygen atoms in total. The standard InChI is InChI=1S/C7H7O.Na/c1-6(8)7-4-2-3-5-7;/h2-5H,1H3;/q-1;+1. The Hall–Kier alpha value is 0.0200. The van der Waals surface area contributed by atoms with E-state index in [2.05, 4.69) is 0 Å². The third-order valence-electron chi connectivity index (χ3n) is 1.07. The Morgan fingerprint density at radius 2 is 1.78 bits per heavy atom. The van der Waals surface area contributed by atoms with Crippen LogP contribution in [-0.4, -0.2) is 5.78 Å². The van der Waals surface area contributed by atoms with Crippen LogP contribution in [0.15, 0.2) is 24.3 Å². The summed E-state index contributed by atoms with van der Waals surface area (Å²) in [5.41, 5.74) is 0.796. The van der Waals surface area contributed by atoms with E-state index in [-0.39, 0.29) is 35.3 Å². The second-order valence-electron chi connectivity index (χ2n) is 1.73. The van der Waals surface area contributed by atoms with E-state index in [0.717, 1.165) is 5.56 Å². The second-order valence-corrected chi connectivity index (χ2v) is 1.73. The zero-order valence-corrected chi connectivity index (χ0v) is 7.72. The molecule has 0 saturated heterocycles. The first kappa shape index (κ1) is 9.02. The summed E-state index contributed by atoms with van der Waals surface area (Å²) in [4.78, 5) is 10.5. The predicted octanol–water partition coefficient (Wildman–Crippen LogP) is -1.39. The van der Waals surface area contributed by atoms with Crippen molar-refractivity contribution in [2.24, 2.45) is 0 Å². The molecule has 0 unspecified atom stereocenters. The topological polar surface area (TPSA) is 17.1 Å². The number of Topliss-reactive ketones (excluding diaryl/α,β-unsaturated/α-hetero) is 1. The van der Waals surface area contributed by atoms with E-state index in [1.807, 2.05) is 24.3 Å². The van der Waals surface area contributed by atoms with Crippen molar-refractivity contribution in [3.05, 3.63) is 29.8 Å². The van der Waals surface area contributed by atoms with Crippen LogP contribution in [0.4, 0.5) is 0 Å². The minimum atomic E-state index is 0. The molecule has 1 aromatic carbocycles. The van der Waals surface area contributed by atoms with Gasteiger partial charge in [0.05, 0.1) is 0 Å². The Labute approximate surface area is 76.7 Å². The summed E-state index contributed by atoms with van der Waals surface area (Å²) < 4.78 is 0. The van der Waals surface area contributed by atoms with E-state index in [4.69, 9.17) is 0 Å². The van der Waals surface area contributed by atoms with Gasteiger partial charge in [0.25, 0.3) is 0 Å². The van der Waals surface area contributed by atoms with Crippen LogP contribution in [0.25, 0.3) is 0 Å². The second kappa shape index (κ2) is 3.94. The van der Waals surface area contributed by atoms with Crippen molar-refractivity contribution >= 4 is 5.78 Å². The Balaban J connectivity index is 0.000000640. The molecule has 0 heterocycles. The SMILES string of the molecule is CC(=O)[c-]1cccc1.[Na+]. The third kappa shape index (κ3) is 2.39. The molecule has 0 aliphatic heterocycles. The molecule has 2 heteroatoms. The van der Waals surface area contributed by atoms with Crippen LogP contribution in [0.1, 0.15) is 17.3 Å². The van der Waals surface area contributed by atoms with Crippen LogP contribution in [0.2, 0.25) is 0 Å². The van der Waals surface area contributed by atoms with E-state index >= 15 is 0 Å². The smallest absolute Gasteiger partial charge is 0.309 e. The number of carbonyl (C=O) groups is 1. The normalized spacial score (nSPS) is 8.11. The van der Waals surface area contributed by atoms with Crippen molar-refractivity contribution in [1.29, 1.82) is 0 Å². The first-order chi connectivity index (χ1) is 3.80. The fourth-order valence-electron chi connectivity index (χ4n) is 0.609. The molecule has 0 aliphatic rings. The molecule has 0 N–H and O–H groups in total. The minimum absolute atomic E-state index is 0. The fraction of sp³-hybridized carbons (Fsp3) is 0.143. The summed E-state index contributed by atoms with van der Waals surface area (Å²) in [5, 5.41) is 0. The van der Waals surface area contributed by atoms with E-state index in [0.29, 0.717) is 0 Å². The summed E-state index contributed by atoms with van der Waals surface area (Å²) in [6, 6.07) is 7.33. The van der Waals surface area contributed by atoms with Crippen LogP contribution >= 0.6 is 0 Å². The van der Waals surface area contributed by atoms with Crippen LogP contribution in [0.5, 0.6) is 0 Å². The third-order valence-corrected chi connectivity index (χ3v) is 1.07. The molecule has 0 aliphatic carbocycles. The van der Waals surface area contributed by atoms with E-state index in [9.17, 15) is 4.79 Å². The molecule has 0 aromatic heterocycles. The Morgan fingerprint density at radius 3 is 2.00 bits per heavy atom. The number of rotatable bonds is 1. The Morgan fingerprint density at radius 1 is 1.33 bits per heavy atom. The molecule has 0 atom stereocenters. The number of hydrogen-bond acceptors (Lipinski definition) is 1. The molecule has 0 fully saturated rings. The maximum atomic E-state index is 10.5. The van der Waals surface area contributed by atoms with Crippen molar-refractivity contribution in [3.8, 4) is 0 Å². The largest absolute Gasteiger partial charge is 1.00 e. The summed E-state index contributed by atoms with van der Waals surface area (Å²) in [7, 11) is 0. The van der Waals surface area contributed by atoms with Gasteiger partial charge < -0.3 is 4.79 Å². The van der Waals surface area contributed by atoms with Crippen LogP contribution in [0.3, 0.4) is 0 Å². The van der Waals surface area contributed by atoms with Gasteiger partial charge in [-0.2, -0.15) is 12.1 Å². The van der Waals surface area contributed by atoms with Gasteiger partial charge in [-0.05, 0) is 6.92 Å². The van der Waals surface area contributed by atoms with E-state index in [1.165, 1.54) is 0 Å². The molecule has 0 spiro atoms. The van der Waals surface area contributed by atoms with Crippen molar-refractivity contribution < 1.29 is 34.4 Å². The summed E-state index contributed by atoms with van der Waals surface area (Å²) in [6.07, 6.45) is 0. The van der Waals surface area contributed by atoms with Gasteiger partial charge in [-0.1, -0.05) is 5.56 Å². The van der Waals surface area contributed by atoms with Gasteiger partial charge in [0, 0.05) is 0 Å². The van der Waals surface area contributed by atoms with Gasteiger partial charge in [-0.15, -0.1) is 0 Å². The number of carbonyl (C=O) groups excluding carboxylic acids is 1. The van der Waals surface area contributed by atoms with Crippen LogP contribution < -0.4 is 29.6 Å². The molecule has 1 aromatic rings. The van der Waals surface area contributed by atoms with Gasteiger partial charge in [0.15, 0.2) is 0 Å². The number of hydrogen-bond donors (Lipinski definition) is 0. The van der Waals surface area contributed by atoms with Crippen molar-refractivity contribution in [3.63, 3.8) is 0 Å². The zero-order chi connectivity index (χ0) is 5.98. The first-order valence-corrected chi connectivity index (χ1v) is 2.53. The molecule has 0 radical (unpaired) electrons. The van der Waals surface area contributed by atoms with Crippen molar-refractivity contribution in [2.75, 3.05) is 0 Å². The van der Waals surface area contributed by atoms with Gasteiger partial charge in [0.2, 0.25) is 0 Å². The summed E-state index contributed by atoms with van der Waals surface area (Å²) in [6.45, 7) is 1.56. The molecule has 0 amide bonds. The van der Waals surface area contributed by atoms with Crippen LogP contribution in [0, 0.1) is 0 Å².